The number of fused-ring (bicyclic) bond motifs is 1. The minimum absolute atomic E-state index is 0.0420. The summed E-state index contributed by atoms with van der Waals surface area (Å²) >= 11 is 0. The zero-order chi connectivity index (χ0) is 19.7. The standard InChI is InChI=1S/C21H19N3O4/c1-12(2)11-27-14-9-7-13(8-10-14)19-23-21(28-24-19)17-18(25)15-5-3-4-6-16(15)22-20(17)26/h3-10,12H,11H2,1-2H3,(H2,22,25,26). The van der Waals surface area contributed by atoms with E-state index in [0.29, 0.717) is 34.8 Å². The second kappa shape index (κ2) is 7.19. The van der Waals surface area contributed by atoms with E-state index in [0.717, 1.165) is 5.75 Å². The molecule has 0 atom stereocenters. The van der Waals surface area contributed by atoms with Crippen molar-refractivity contribution in [2.45, 2.75) is 13.8 Å². The van der Waals surface area contributed by atoms with Crippen LogP contribution in [0.4, 0.5) is 0 Å². The molecule has 7 nitrogen and oxygen atoms in total. The van der Waals surface area contributed by atoms with E-state index in [4.69, 9.17) is 9.26 Å². The average molecular weight is 377 g/mol. The number of para-hydroxylation sites is 1. The number of H-pyrrole nitrogens is 1. The minimum atomic E-state index is -0.496. The Morgan fingerprint density at radius 2 is 1.89 bits per heavy atom. The number of ether oxygens (including phenoxy) is 1. The van der Waals surface area contributed by atoms with Crippen LogP contribution in [0.15, 0.2) is 57.8 Å². The predicted octanol–water partition coefficient (Wildman–Crippen LogP) is 3.99. The first-order valence-corrected chi connectivity index (χ1v) is 8.94. The van der Waals surface area contributed by atoms with Crippen molar-refractivity contribution in [2.75, 3.05) is 6.61 Å². The second-order valence-electron chi connectivity index (χ2n) is 6.88. The van der Waals surface area contributed by atoms with E-state index in [1.807, 2.05) is 24.3 Å². The molecule has 2 aromatic heterocycles. The van der Waals surface area contributed by atoms with E-state index >= 15 is 0 Å². The molecular formula is C21H19N3O4. The lowest BCUT2D eigenvalue weighted by Gasteiger charge is -2.08. The molecule has 0 aliphatic rings. The number of benzene rings is 2. The summed E-state index contributed by atoms with van der Waals surface area (Å²) in [6, 6.07) is 14.2. The topological polar surface area (TPSA) is 101 Å². The second-order valence-corrected chi connectivity index (χ2v) is 6.88. The van der Waals surface area contributed by atoms with E-state index < -0.39 is 5.56 Å². The smallest absolute Gasteiger partial charge is 0.267 e. The fourth-order valence-corrected chi connectivity index (χ4v) is 2.83. The monoisotopic (exact) mass is 377 g/mol. The molecule has 2 aromatic carbocycles. The number of aromatic amines is 1. The van der Waals surface area contributed by atoms with Crippen molar-refractivity contribution in [3.05, 3.63) is 58.9 Å². The molecule has 0 fully saturated rings. The molecule has 0 aliphatic carbocycles. The Hall–Kier alpha value is -3.61. The number of aromatic nitrogens is 3. The van der Waals surface area contributed by atoms with Crippen LogP contribution in [0.5, 0.6) is 11.5 Å². The van der Waals surface area contributed by atoms with Crippen LogP contribution >= 0.6 is 0 Å². The zero-order valence-corrected chi connectivity index (χ0v) is 15.5. The first kappa shape index (κ1) is 17.8. The molecule has 0 amide bonds. The molecule has 0 aliphatic heterocycles. The highest BCUT2D eigenvalue weighted by Gasteiger charge is 2.20. The third kappa shape index (κ3) is 3.34. The number of aromatic hydroxyl groups is 1. The van der Waals surface area contributed by atoms with Gasteiger partial charge in [-0.3, -0.25) is 4.79 Å². The van der Waals surface area contributed by atoms with Crippen LogP contribution in [0, 0.1) is 5.92 Å². The number of rotatable bonds is 5. The first-order chi connectivity index (χ1) is 13.5. The van der Waals surface area contributed by atoms with Crippen molar-refractivity contribution in [1.82, 2.24) is 15.1 Å². The van der Waals surface area contributed by atoms with Gasteiger partial charge in [0.05, 0.1) is 12.1 Å². The summed E-state index contributed by atoms with van der Waals surface area (Å²) in [6.45, 7) is 4.80. The summed E-state index contributed by atoms with van der Waals surface area (Å²) in [5, 5.41) is 15.0. The van der Waals surface area contributed by atoms with Gasteiger partial charge >= 0.3 is 0 Å². The van der Waals surface area contributed by atoms with Gasteiger partial charge < -0.3 is 19.4 Å². The number of pyridine rings is 1. The summed E-state index contributed by atoms with van der Waals surface area (Å²) in [6.07, 6.45) is 0. The van der Waals surface area contributed by atoms with Gasteiger partial charge in [-0.2, -0.15) is 4.98 Å². The van der Waals surface area contributed by atoms with Crippen LogP contribution in [0.3, 0.4) is 0 Å². The predicted molar refractivity (Wildman–Crippen MR) is 105 cm³/mol. The average Bonchev–Trinajstić information content (AvgIpc) is 3.16. The molecule has 0 saturated carbocycles. The van der Waals surface area contributed by atoms with Gasteiger partial charge in [0, 0.05) is 10.9 Å². The van der Waals surface area contributed by atoms with Crippen LogP contribution in [-0.2, 0) is 0 Å². The normalized spacial score (nSPS) is 11.2. The van der Waals surface area contributed by atoms with E-state index in [1.165, 1.54) is 0 Å². The molecule has 2 N–H and O–H groups in total. The van der Waals surface area contributed by atoms with Gasteiger partial charge in [-0.1, -0.05) is 31.1 Å². The lowest BCUT2D eigenvalue weighted by Crippen LogP contribution is -2.09. The molecular weight excluding hydrogens is 358 g/mol. The molecule has 4 aromatic rings. The molecule has 0 spiro atoms. The van der Waals surface area contributed by atoms with Gasteiger partial charge in [0.1, 0.15) is 17.1 Å². The number of hydrogen-bond donors (Lipinski definition) is 2. The lowest BCUT2D eigenvalue weighted by molar-refractivity contribution is 0.271. The summed E-state index contributed by atoms with van der Waals surface area (Å²) in [5.74, 6) is 1.28. The van der Waals surface area contributed by atoms with Gasteiger partial charge in [0.15, 0.2) is 0 Å². The molecule has 0 unspecified atom stereocenters. The van der Waals surface area contributed by atoms with Crippen molar-refractivity contribution in [1.29, 1.82) is 0 Å². The Morgan fingerprint density at radius 1 is 1.14 bits per heavy atom. The third-order valence-electron chi connectivity index (χ3n) is 4.23. The van der Waals surface area contributed by atoms with E-state index in [-0.39, 0.29) is 17.2 Å². The van der Waals surface area contributed by atoms with Crippen molar-refractivity contribution in [3.8, 4) is 34.3 Å². The van der Waals surface area contributed by atoms with Crippen molar-refractivity contribution < 1.29 is 14.4 Å². The Balaban J connectivity index is 1.67. The lowest BCUT2D eigenvalue weighted by atomic mass is 10.1. The van der Waals surface area contributed by atoms with Crippen LogP contribution in [0.1, 0.15) is 13.8 Å². The molecule has 0 radical (unpaired) electrons. The van der Waals surface area contributed by atoms with E-state index in [9.17, 15) is 9.90 Å². The first-order valence-electron chi connectivity index (χ1n) is 8.94. The highest BCUT2D eigenvalue weighted by molar-refractivity contribution is 5.90. The van der Waals surface area contributed by atoms with E-state index in [2.05, 4.69) is 29.0 Å². The Morgan fingerprint density at radius 3 is 2.64 bits per heavy atom. The van der Waals surface area contributed by atoms with Gasteiger partial charge in [-0.25, -0.2) is 0 Å². The zero-order valence-electron chi connectivity index (χ0n) is 15.5. The van der Waals surface area contributed by atoms with Crippen molar-refractivity contribution >= 4 is 10.9 Å². The van der Waals surface area contributed by atoms with Gasteiger partial charge in [-0.05, 0) is 42.3 Å². The van der Waals surface area contributed by atoms with Crippen LogP contribution in [0.25, 0.3) is 33.7 Å². The summed E-state index contributed by atoms with van der Waals surface area (Å²) in [4.78, 5) is 19.4. The van der Waals surface area contributed by atoms with Gasteiger partial charge in [0.25, 0.3) is 11.4 Å². The molecule has 4 rings (SSSR count). The fourth-order valence-electron chi connectivity index (χ4n) is 2.83. The fraction of sp³-hybridized carbons (Fsp3) is 0.190. The highest BCUT2D eigenvalue weighted by Crippen LogP contribution is 2.32. The maximum absolute atomic E-state index is 12.4. The molecule has 28 heavy (non-hydrogen) atoms. The molecule has 2 heterocycles. The summed E-state index contributed by atoms with van der Waals surface area (Å²) in [7, 11) is 0. The van der Waals surface area contributed by atoms with Crippen LogP contribution < -0.4 is 10.3 Å². The Bertz CT molecular complexity index is 1180. The molecule has 0 bridgehead atoms. The van der Waals surface area contributed by atoms with Crippen LogP contribution in [0.2, 0.25) is 0 Å². The van der Waals surface area contributed by atoms with E-state index in [1.54, 1.807) is 24.3 Å². The highest BCUT2D eigenvalue weighted by atomic mass is 16.5. The third-order valence-corrected chi connectivity index (χ3v) is 4.23. The Kier molecular flexibility index (Phi) is 4.57. The van der Waals surface area contributed by atoms with Crippen LogP contribution in [-0.4, -0.2) is 26.8 Å². The molecule has 142 valence electrons. The van der Waals surface area contributed by atoms with Crippen molar-refractivity contribution in [3.63, 3.8) is 0 Å². The summed E-state index contributed by atoms with van der Waals surface area (Å²) in [5.41, 5.74) is 0.701. The summed E-state index contributed by atoms with van der Waals surface area (Å²) < 4.78 is 10.9. The van der Waals surface area contributed by atoms with Gasteiger partial charge in [0.2, 0.25) is 5.82 Å². The Labute approximate surface area is 160 Å². The maximum atomic E-state index is 12.4. The maximum Gasteiger partial charge on any atom is 0.267 e. The minimum Gasteiger partial charge on any atom is -0.506 e. The van der Waals surface area contributed by atoms with Crippen molar-refractivity contribution in [2.24, 2.45) is 5.92 Å². The quantitative estimate of drug-likeness (QED) is 0.545. The molecule has 0 saturated heterocycles. The number of nitrogens with one attached hydrogen (secondary N) is 1. The largest absolute Gasteiger partial charge is 0.506 e. The number of nitrogens with zero attached hydrogens (tertiary/aromatic N) is 2. The SMILES string of the molecule is CC(C)COc1ccc(-c2noc(-c3c(O)c4ccccc4[nH]c3=O)n2)cc1. The number of hydrogen-bond acceptors (Lipinski definition) is 6. The molecule has 7 heteroatoms. The van der Waals surface area contributed by atoms with Gasteiger partial charge in [-0.15, -0.1) is 0 Å².